The number of nitrogens with two attached hydrogens (primary N) is 1. The van der Waals surface area contributed by atoms with Crippen LogP contribution >= 0.6 is 11.6 Å². The number of aromatic nitrogens is 5. The van der Waals surface area contributed by atoms with E-state index in [4.69, 9.17) is 26.7 Å². The molecule has 2 aromatic heterocycles. The van der Waals surface area contributed by atoms with Crippen molar-refractivity contribution >= 4 is 40.3 Å². The zero-order chi connectivity index (χ0) is 29.8. The van der Waals surface area contributed by atoms with Crippen LogP contribution in [-0.2, 0) is 13.2 Å². The third kappa shape index (κ3) is 6.35. The Bertz CT molecular complexity index is 1770. The number of carbonyl (C=O) groups excluding carboxylic acids is 1. The van der Waals surface area contributed by atoms with Crippen LogP contribution in [0.2, 0.25) is 5.02 Å². The fourth-order valence-corrected chi connectivity index (χ4v) is 5.28. The molecule has 1 aliphatic heterocycles. The van der Waals surface area contributed by atoms with E-state index in [9.17, 15) is 4.79 Å². The van der Waals surface area contributed by atoms with Crippen molar-refractivity contribution in [1.82, 2.24) is 35.6 Å². The number of nitrogens with zero attached hydrogens (tertiary/aromatic N) is 7. The molecule has 5 aromatic rings. The predicted molar refractivity (Wildman–Crippen MR) is 162 cm³/mol. The first kappa shape index (κ1) is 28.3. The first-order valence-corrected chi connectivity index (χ1v) is 14.3. The van der Waals surface area contributed by atoms with Gasteiger partial charge in [-0.3, -0.25) is 9.69 Å². The first-order valence-electron chi connectivity index (χ1n) is 13.9. The SMILES string of the molecule is CC1CCN(Cc2c(C(=O)NN=Cc3cc(Cl)ccc3OCc3cccc4ccccc34)nnn2-c2nonc2N)CC1. The highest BCUT2D eigenvalue weighted by molar-refractivity contribution is 6.30. The maximum absolute atomic E-state index is 13.3. The fraction of sp³-hybridized carbons (Fsp3) is 0.267. The summed E-state index contributed by atoms with van der Waals surface area (Å²) in [4.78, 5) is 15.5. The van der Waals surface area contributed by atoms with E-state index in [0.717, 1.165) is 42.3 Å². The molecule has 0 atom stereocenters. The number of carbonyl (C=O) groups is 1. The molecule has 3 aromatic carbocycles. The molecule has 0 saturated carbocycles. The number of anilines is 1. The van der Waals surface area contributed by atoms with Crippen molar-refractivity contribution in [2.45, 2.75) is 32.9 Å². The summed E-state index contributed by atoms with van der Waals surface area (Å²) < 4.78 is 12.3. The van der Waals surface area contributed by atoms with E-state index in [1.165, 1.54) is 10.9 Å². The molecule has 0 aliphatic carbocycles. The summed E-state index contributed by atoms with van der Waals surface area (Å²) in [6, 6.07) is 19.5. The molecule has 0 spiro atoms. The highest BCUT2D eigenvalue weighted by atomic mass is 35.5. The number of rotatable bonds is 9. The van der Waals surface area contributed by atoms with Gasteiger partial charge < -0.3 is 10.5 Å². The van der Waals surface area contributed by atoms with E-state index in [-0.39, 0.29) is 17.3 Å². The quantitative estimate of drug-likeness (QED) is 0.183. The first-order chi connectivity index (χ1) is 21.0. The number of benzene rings is 3. The van der Waals surface area contributed by atoms with Crippen molar-refractivity contribution in [3.8, 4) is 11.6 Å². The fourth-order valence-electron chi connectivity index (χ4n) is 5.10. The highest BCUT2D eigenvalue weighted by Gasteiger charge is 2.27. The maximum atomic E-state index is 13.3. The minimum Gasteiger partial charge on any atom is -0.488 e. The van der Waals surface area contributed by atoms with Gasteiger partial charge in [-0.15, -0.1) is 5.10 Å². The lowest BCUT2D eigenvalue weighted by atomic mass is 9.99. The van der Waals surface area contributed by atoms with Crippen LogP contribution in [0.4, 0.5) is 5.82 Å². The number of piperidine rings is 1. The van der Waals surface area contributed by atoms with Crippen molar-refractivity contribution in [2.75, 3.05) is 18.8 Å². The molecule has 43 heavy (non-hydrogen) atoms. The third-order valence-electron chi connectivity index (χ3n) is 7.53. The maximum Gasteiger partial charge on any atom is 0.293 e. The summed E-state index contributed by atoms with van der Waals surface area (Å²) >= 11 is 6.28. The van der Waals surface area contributed by atoms with E-state index in [0.29, 0.717) is 41.1 Å². The Morgan fingerprint density at radius 2 is 1.98 bits per heavy atom. The Kier molecular flexibility index (Phi) is 8.29. The van der Waals surface area contributed by atoms with Crippen LogP contribution in [0.15, 0.2) is 70.4 Å². The number of amides is 1. The number of ether oxygens (including phenoxy) is 1. The Hall–Kier alpha value is -4.81. The van der Waals surface area contributed by atoms with Gasteiger partial charge in [0.25, 0.3) is 5.91 Å². The molecular weight excluding hydrogens is 570 g/mol. The monoisotopic (exact) mass is 599 g/mol. The van der Waals surface area contributed by atoms with Gasteiger partial charge in [-0.05, 0) is 76.7 Å². The summed E-state index contributed by atoms with van der Waals surface area (Å²) in [5.41, 5.74) is 10.7. The lowest BCUT2D eigenvalue weighted by molar-refractivity contribution is 0.0946. The van der Waals surface area contributed by atoms with Crippen LogP contribution in [-0.4, -0.2) is 55.4 Å². The second kappa shape index (κ2) is 12.6. The Balaban J connectivity index is 1.20. The number of nitrogen functional groups attached to an aromatic ring is 1. The van der Waals surface area contributed by atoms with E-state index >= 15 is 0 Å². The smallest absolute Gasteiger partial charge is 0.293 e. The van der Waals surface area contributed by atoms with Gasteiger partial charge in [0.15, 0.2) is 5.69 Å². The minimum absolute atomic E-state index is 0.0420. The average molecular weight is 600 g/mol. The highest BCUT2D eigenvalue weighted by Crippen LogP contribution is 2.25. The minimum atomic E-state index is -0.543. The molecule has 13 heteroatoms. The van der Waals surface area contributed by atoms with Crippen molar-refractivity contribution in [3.05, 3.63) is 88.2 Å². The summed E-state index contributed by atoms with van der Waals surface area (Å²) in [6.07, 6.45) is 3.61. The van der Waals surface area contributed by atoms with Crippen molar-refractivity contribution < 1.29 is 14.2 Å². The zero-order valence-corrected chi connectivity index (χ0v) is 24.2. The number of hydrogen-bond donors (Lipinski definition) is 2. The van der Waals surface area contributed by atoms with Crippen LogP contribution in [0.25, 0.3) is 16.6 Å². The number of hydrazone groups is 1. The van der Waals surface area contributed by atoms with Gasteiger partial charge in [-0.2, -0.15) is 9.78 Å². The topological polar surface area (TPSA) is 150 Å². The van der Waals surface area contributed by atoms with Crippen molar-refractivity contribution in [3.63, 3.8) is 0 Å². The molecule has 1 saturated heterocycles. The van der Waals surface area contributed by atoms with Crippen molar-refractivity contribution in [2.24, 2.45) is 11.0 Å². The van der Waals surface area contributed by atoms with Gasteiger partial charge in [0.05, 0.1) is 11.9 Å². The molecule has 3 N–H and O–H groups in total. The van der Waals surface area contributed by atoms with Gasteiger partial charge in [0.1, 0.15) is 12.4 Å². The van der Waals surface area contributed by atoms with Crippen molar-refractivity contribution in [1.29, 1.82) is 0 Å². The van der Waals surface area contributed by atoms with E-state index < -0.39 is 5.91 Å². The summed E-state index contributed by atoms with van der Waals surface area (Å²) in [7, 11) is 0. The zero-order valence-electron chi connectivity index (χ0n) is 23.5. The van der Waals surface area contributed by atoms with E-state index in [1.807, 2.05) is 24.3 Å². The van der Waals surface area contributed by atoms with Gasteiger partial charge in [-0.1, -0.05) is 66.2 Å². The van der Waals surface area contributed by atoms with Gasteiger partial charge >= 0.3 is 0 Å². The number of fused-ring (bicyclic) bond motifs is 1. The molecule has 1 fully saturated rings. The second-order valence-electron chi connectivity index (χ2n) is 10.5. The lowest BCUT2D eigenvalue weighted by Gasteiger charge is -2.30. The number of hydrogen-bond acceptors (Lipinski definition) is 10. The van der Waals surface area contributed by atoms with Crippen LogP contribution in [0.5, 0.6) is 5.75 Å². The normalized spacial score (nSPS) is 14.5. The molecule has 6 rings (SSSR count). The van der Waals surface area contributed by atoms with E-state index in [1.54, 1.807) is 18.2 Å². The van der Waals surface area contributed by atoms with Gasteiger partial charge in [-0.25, -0.2) is 10.1 Å². The van der Waals surface area contributed by atoms with Gasteiger partial charge in [0.2, 0.25) is 11.6 Å². The molecule has 0 unspecified atom stereocenters. The molecule has 1 aliphatic rings. The lowest BCUT2D eigenvalue weighted by Crippen LogP contribution is -2.34. The van der Waals surface area contributed by atoms with Crippen LogP contribution < -0.4 is 15.9 Å². The summed E-state index contributed by atoms with van der Waals surface area (Å²) in [5, 5.41) is 22.7. The molecular formula is C30H30ClN9O3. The molecule has 0 radical (unpaired) electrons. The predicted octanol–water partition coefficient (Wildman–Crippen LogP) is 4.61. The summed E-state index contributed by atoms with van der Waals surface area (Å²) in [6.45, 7) is 4.77. The standard InChI is InChI=1S/C30H30ClN9O3/c1-19-11-13-39(14-12-19)17-25-27(34-38-40(25)29-28(32)36-43-37-29)30(41)35-33-16-22-15-23(31)9-10-26(22)42-18-21-7-4-6-20-5-2-3-8-24(20)21/h2-10,15-16,19H,11-14,17-18H2,1H3,(H2,32,36)(H,35,41). The van der Waals surface area contributed by atoms with E-state index in [2.05, 4.69) is 61.2 Å². The Labute approximate surface area is 252 Å². The van der Waals surface area contributed by atoms with Crippen LogP contribution in [0.1, 0.15) is 47.1 Å². The van der Waals surface area contributed by atoms with Crippen LogP contribution in [0, 0.1) is 5.92 Å². The average Bonchev–Trinajstić information content (AvgIpc) is 3.63. The summed E-state index contributed by atoms with van der Waals surface area (Å²) in [5.74, 6) is 0.885. The Morgan fingerprint density at radius 3 is 2.79 bits per heavy atom. The number of nitrogens with one attached hydrogen (secondary N) is 1. The number of halogens is 1. The second-order valence-corrected chi connectivity index (χ2v) is 11.0. The molecule has 12 nitrogen and oxygen atoms in total. The molecule has 1 amide bonds. The molecule has 3 heterocycles. The Morgan fingerprint density at radius 1 is 1.16 bits per heavy atom. The number of likely N-dealkylation sites (tertiary alicyclic amines) is 1. The largest absolute Gasteiger partial charge is 0.488 e. The molecule has 220 valence electrons. The van der Waals surface area contributed by atoms with Gasteiger partial charge in [0, 0.05) is 17.1 Å². The third-order valence-corrected chi connectivity index (χ3v) is 7.76. The molecule has 0 bridgehead atoms. The van der Waals surface area contributed by atoms with Crippen LogP contribution in [0.3, 0.4) is 0 Å².